The van der Waals surface area contributed by atoms with Gasteiger partial charge in [0, 0.05) is 11.1 Å². The molecule has 0 fully saturated rings. The second-order valence-corrected chi connectivity index (χ2v) is 6.31. The van der Waals surface area contributed by atoms with Gasteiger partial charge in [0.15, 0.2) is 0 Å². The van der Waals surface area contributed by atoms with Gasteiger partial charge < -0.3 is 4.74 Å². The summed E-state index contributed by atoms with van der Waals surface area (Å²) in [5, 5.41) is 0. The summed E-state index contributed by atoms with van der Waals surface area (Å²) in [6, 6.07) is 12.4. The van der Waals surface area contributed by atoms with Gasteiger partial charge in [-0.05, 0) is 23.6 Å². The Morgan fingerprint density at radius 2 is 1.78 bits per heavy atom. The SMILES string of the molecule is C=C(c1ccc(-c2ccccc2)c(F)c1)C(F)(F)C(=O)OCCCCCC. The number of ether oxygens (including phenoxy) is 1. The molecule has 0 bridgehead atoms. The molecule has 0 aliphatic rings. The first-order chi connectivity index (χ1) is 12.9. The Labute approximate surface area is 157 Å². The molecule has 0 radical (unpaired) electrons. The first-order valence-corrected chi connectivity index (χ1v) is 8.97. The van der Waals surface area contributed by atoms with Gasteiger partial charge in [-0.2, -0.15) is 8.78 Å². The largest absolute Gasteiger partial charge is 0.461 e. The normalized spacial score (nSPS) is 11.3. The number of hydrogen-bond donors (Lipinski definition) is 0. The quantitative estimate of drug-likeness (QED) is 0.381. The van der Waals surface area contributed by atoms with Crippen LogP contribution in [-0.4, -0.2) is 18.5 Å². The smallest absolute Gasteiger partial charge is 0.381 e. The van der Waals surface area contributed by atoms with Crippen LogP contribution >= 0.6 is 0 Å². The maximum atomic E-state index is 14.4. The molecule has 5 heteroatoms. The maximum Gasteiger partial charge on any atom is 0.381 e. The molecule has 0 aliphatic carbocycles. The number of carbonyl (C=O) groups is 1. The van der Waals surface area contributed by atoms with Crippen LogP contribution in [0.25, 0.3) is 16.7 Å². The van der Waals surface area contributed by atoms with E-state index in [1.807, 2.05) is 6.92 Å². The fourth-order valence-corrected chi connectivity index (χ4v) is 2.64. The predicted molar refractivity (Wildman–Crippen MR) is 101 cm³/mol. The van der Waals surface area contributed by atoms with E-state index in [2.05, 4.69) is 11.3 Å². The molecule has 0 amide bonds. The molecule has 27 heavy (non-hydrogen) atoms. The van der Waals surface area contributed by atoms with Gasteiger partial charge in [0.2, 0.25) is 0 Å². The van der Waals surface area contributed by atoms with Crippen molar-refractivity contribution in [1.82, 2.24) is 0 Å². The molecule has 0 N–H and O–H groups in total. The Kier molecular flexibility index (Phi) is 7.22. The first-order valence-electron chi connectivity index (χ1n) is 8.97. The molecule has 0 atom stereocenters. The van der Waals surface area contributed by atoms with Crippen molar-refractivity contribution in [2.45, 2.75) is 38.5 Å². The van der Waals surface area contributed by atoms with E-state index in [9.17, 15) is 18.0 Å². The van der Waals surface area contributed by atoms with Gasteiger partial charge in [-0.1, -0.05) is 75.2 Å². The zero-order valence-corrected chi connectivity index (χ0v) is 15.3. The molecule has 0 aromatic heterocycles. The van der Waals surface area contributed by atoms with E-state index in [1.165, 1.54) is 12.1 Å². The highest BCUT2D eigenvalue weighted by Gasteiger charge is 2.44. The van der Waals surface area contributed by atoms with Crippen molar-refractivity contribution < 1.29 is 22.7 Å². The summed E-state index contributed by atoms with van der Waals surface area (Å²) in [5.74, 6) is -6.23. The zero-order chi connectivity index (χ0) is 19.9. The van der Waals surface area contributed by atoms with Crippen molar-refractivity contribution in [3.63, 3.8) is 0 Å². The number of esters is 1. The molecular weight excluding hydrogens is 353 g/mol. The number of halogens is 3. The third-order valence-electron chi connectivity index (χ3n) is 4.27. The van der Waals surface area contributed by atoms with Crippen LogP contribution in [0.5, 0.6) is 0 Å². The minimum atomic E-state index is -3.91. The van der Waals surface area contributed by atoms with Crippen LogP contribution in [0.2, 0.25) is 0 Å². The van der Waals surface area contributed by atoms with Crippen molar-refractivity contribution in [1.29, 1.82) is 0 Å². The molecule has 2 rings (SSSR count). The number of alkyl halides is 2. The topological polar surface area (TPSA) is 26.3 Å². The number of carbonyl (C=O) groups excluding carboxylic acids is 1. The first kappa shape index (κ1) is 20.7. The average Bonchev–Trinajstić information content (AvgIpc) is 2.67. The third kappa shape index (κ3) is 5.22. The number of rotatable bonds is 9. The lowest BCUT2D eigenvalue weighted by molar-refractivity contribution is -0.163. The van der Waals surface area contributed by atoms with Crippen LogP contribution in [0.4, 0.5) is 13.2 Å². The molecule has 2 nitrogen and oxygen atoms in total. The van der Waals surface area contributed by atoms with E-state index < -0.39 is 23.3 Å². The summed E-state index contributed by atoms with van der Waals surface area (Å²) in [4.78, 5) is 11.8. The van der Waals surface area contributed by atoms with Gasteiger partial charge in [-0.25, -0.2) is 9.18 Å². The Morgan fingerprint density at radius 1 is 1.07 bits per heavy atom. The van der Waals surface area contributed by atoms with E-state index in [4.69, 9.17) is 0 Å². The molecule has 0 saturated heterocycles. The molecule has 144 valence electrons. The zero-order valence-electron chi connectivity index (χ0n) is 15.3. The summed E-state index contributed by atoms with van der Waals surface area (Å²) in [5.41, 5.74) is -0.000868. The highest BCUT2D eigenvalue weighted by Crippen LogP contribution is 2.34. The van der Waals surface area contributed by atoms with Gasteiger partial charge in [0.1, 0.15) is 5.82 Å². The lowest BCUT2D eigenvalue weighted by atomic mass is 9.97. The van der Waals surface area contributed by atoms with Crippen molar-refractivity contribution in [3.05, 3.63) is 66.5 Å². The van der Waals surface area contributed by atoms with Crippen LogP contribution in [0.3, 0.4) is 0 Å². The van der Waals surface area contributed by atoms with Gasteiger partial charge in [0.05, 0.1) is 6.61 Å². The molecule has 0 saturated carbocycles. The summed E-state index contributed by atoms with van der Waals surface area (Å²) in [6.07, 6.45) is 3.28. The highest BCUT2D eigenvalue weighted by molar-refractivity contribution is 5.94. The van der Waals surface area contributed by atoms with E-state index in [0.717, 1.165) is 25.3 Å². The van der Waals surface area contributed by atoms with E-state index in [1.54, 1.807) is 30.3 Å². The van der Waals surface area contributed by atoms with Crippen molar-refractivity contribution in [3.8, 4) is 11.1 Å². The van der Waals surface area contributed by atoms with Crippen LogP contribution < -0.4 is 0 Å². The molecule has 0 spiro atoms. The molecular formula is C22H23F3O2. The van der Waals surface area contributed by atoms with Crippen LogP contribution in [-0.2, 0) is 9.53 Å². The number of unbranched alkanes of at least 4 members (excludes halogenated alkanes) is 3. The van der Waals surface area contributed by atoms with Crippen molar-refractivity contribution in [2.75, 3.05) is 6.61 Å². The minimum Gasteiger partial charge on any atom is -0.461 e. The lowest BCUT2D eigenvalue weighted by Gasteiger charge is -2.18. The summed E-state index contributed by atoms with van der Waals surface area (Å²) < 4.78 is 47.7. The number of hydrogen-bond acceptors (Lipinski definition) is 2. The van der Waals surface area contributed by atoms with E-state index in [0.29, 0.717) is 12.0 Å². The highest BCUT2D eigenvalue weighted by atomic mass is 19.3. The summed E-state index contributed by atoms with van der Waals surface area (Å²) in [7, 11) is 0. The molecule has 2 aromatic carbocycles. The second kappa shape index (κ2) is 9.40. The van der Waals surface area contributed by atoms with Crippen LogP contribution in [0, 0.1) is 5.82 Å². The molecule has 0 aliphatic heterocycles. The fraction of sp³-hybridized carbons (Fsp3) is 0.318. The summed E-state index contributed by atoms with van der Waals surface area (Å²) >= 11 is 0. The molecule has 0 unspecified atom stereocenters. The summed E-state index contributed by atoms with van der Waals surface area (Å²) in [6.45, 7) is 5.26. The number of benzene rings is 2. The fourth-order valence-electron chi connectivity index (χ4n) is 2.64. The maximum absolute atomic E-state index is 14.4. The average molecular weight is 376 g/mol. The lowest BCUT2D eigenvalue weighted by Crippen LogP contribution is -2.32. The monoisotopic (exact) mass is 376 g/mol. The Morgan fingerprint density at radius 3 is 2.41 bits per heavy atom. The Balaban J connectivity index is 2.09. The Bertz CT molecular complexity index is 785. The van der Waals surface area contributed by atoms with E-state index in [-0.39, 0.29) is 17.7 Å². The van der Waals surface area contributed by atoms with Gasteiger partial charge in [0.25, 0.3) is 0 Å². The molecule has 2 aromatic rings. The van der Waals surface area contributed by atoms with Gasteiger partial charge in [-0.15, -0.1) is 0 Å². The standard InChI is InChI=1S/C22H23F3O2/c1-3-4-5-9-14-27-21(26)22(24,25)16(2)18-12-13-19(20(23)15-18)17-10-7-6-8-11-17/h6-8,10-13,15H,2-5,9,14H2,1H3. The minimum absolute atomic E-state index is 0.0665. The van der Waals surface area contributed by atoms with Crippen molar-refractivity contribution in [2.24, 2.45) is 0 Å². The van der Waals surface area contributed by atoms with Crippen LogP contribution in [0.1, 0.15) is 38.2 Å². The third-order valence-corrected chi connectivity index (χ3v) is 4.27. The Hall–Kier alpha value is -2.56. The molecule has 0 heterocycles. The van der Waals surface area contributed by atoms with Crippen molar-refractivity contribution >= 4 is 11.5 Å². The second-order valence-electron chi connectivity index (χ2n) is 6.31. The van der Waals surface area contributed by atoms with Crippen LogP contribution in [0.15, 0.2) is 55.1 Å². The van der Waals surface area contributed by atoms with Gasteiger partial charge in [-0.3, -0.25) is 0 Å². The van der Waals surface area contributed by atoms with Gasteiger partial charge >= 0.3 is 11.9 Å². The van der Waals surface area contributed by atoms with E-state index >= 15 is 0 Å². The predicted octanol–water partition coefficient (Wildman–Crippen LogP) is 6.26.